The predicted molar refractivity (Wildman–Crippen MR) is 65.5 cm³/mol. The molecule has 0 saturated carbocycles. The Morgan fingerprint density at radius 2 is 1.75 bits per heavy atom. The monoisotopic (exact) mass is 218 g/mol. The molecule has 2 atom stereocenters. The van der Waals surface area contributed by atoms with Crippen molar-refractivity contribution in [3.63, 3.8) is 0 Å². The van der Waals surface area contributed by atoms with E-state index in [-0.39, 0.29) is 6.03 Å². The molecule has 16 heavy (non-hydrogen) atoms. The van der Waals surface area contributed by atoms with Gasteiger partial charge in [0.15, 0.2) is 0 Å². The van der Waals surface area contributed by atoms with Crippen LogP contribution in [0.2, 0.25) is 0 Å². The maximum atomic E-state index is 12.1. The molecular formula is C13H18N2O. The second kappa shape index (κ2) is 4.56. The van der Waals surface area contributed by atoms with Crippen LogP contribution in [0.5, 0.6) is 0 Å². The third-order valence-electron chi connectivity index (χ3n) is 3.21. The number of amides is 2. The van der Waals surface area contributed by atoms with Gasteiger partial charge in [-0.05, 0) is 38.8 Å². The highest BCUT2D eigenvalue weighted by atomic mass is 16.2. The molecule has 1 aromatic carbocycles. The second-order valence-corrected chi connectivity index (χ2v) is 4.48. The average molecular weight is 218 g/mol. The first-order chi connectivity index (χ1) is 7.68. The molecule has 3 nitrogen and oxygen atoms in total. The molecule has 0 aromatic heterocycles. The van der Waals surface area contributed by atoms with E-state index in [0.29, 0.717) is 12.1 Å². The molecule has 1 aliphatic heterocycles. The highest BCUT2D eigenvalue weighted by Crippen LogP contribution is 2.24. The maximum Gasteiger partial charge on any atom is 0.322 e. The number of urea groups is 1. The van der Waals surface area contributed by atoms with Crippen molar-refractivity contribution in [2.45, 2.75) is 38.8 Å². The number of carbonyl (C=O) groups is 1. The first kappa shape index (κ1) is 11.0. The van der Waals surface area contributed by atoms with E-state index in [2.05, 4.69) is 19.2 Å². The van der Waals surface area contributed by atoms with Gasteiger partial charge in [-0.25, -0.2) is 4.79 Å². The van der Waals surface area contributed by atoms with E-state index in [1.807, 2.05) is 35.2 Å². The lowest BCUT2D eigenvalue weighted by Crippen LogP contribution is -2.41. The zero-order chi connectivity index (χ0) is 11.5. The Balaban J connectivity index is 2.03. The molecule has 0 unspecified atom stereocenters. The van der Waals surface area contributed by atoms with Crippen LogP contribution in [0.25, 0.3) is 0 Å². The van der Waals surface area contributed by atoms with E-state index in [1.165, 1.54) is 0 Å². The maximum absolute atomic E-state index is 12.1. The second-order valence-electron chi connectivity index (χ2n) is 4.48. The summed E-state index contributed by atoms with van der Waals surface area (Å²) in [5.41, 5.74) is 0.860. The van der Waals surface area contributed by atoms with Crippen molar-refractivity contribution in [2.24, 2.45) is 0 Å². The summed E-state index contributed by atoms with van der Waals surface area (Å²) < 4.78 is 0. The molecule has 1 aliphatic rings. The first-order valence-corrected chi connectivity index (χ1v) is 5.83. The molecule has 2 amide bonds. The van der Waals surface area contributed by atoms with Gasteiger partial charge in [0.1, 0.15) is 0 Å². The molecule has 86 valence electrons. The Labute approximate surface area is 96.5 Å². The Kier molecular flexibility index (Phi) is 3.13. The van der Waals surface area contributed by atoms with Crippen molar-refractivity contribution in [1.29, 1.82) is 0 Å². The number of likely N-dealkylation sites (tertiary alicyclic amines) is 1. The molecule has 1 fully saturated rings. The number of anilines is 1. The highest BCUT2D eigenvalue weighted by Gasteiger charge is 2.31. The number of rotatable bonds is 1. The van der Waals surface area contributed by atoms with Crippen molar-refractivity contribution in [2.75, 3.05) is 5.32 Å². The van der Waals surface area contributed by atoms with Crippen molar-refractivity contribution >= 4 is 11.7 Å². The summed E-state index contributed by atoms with van der Waals surface area (Å²) >= 11 is 0. The summed E-state index contributed by atoms with van der Waals surface area (Å²) in [5, 5.41) is 2.93. The molecular weight excluding hydrogens is 200 g/mol. The average Bonchev–Trinajstić information content (AvgIpc) is 2.60. The summed E-state index contributed by atoms with van der Waals surface area (Å²) in [6.45, 7) is 4.21. The minimum atomic E-state index is 0.0173. The van der Waals surface area contributed by atoms with Gasteiger partial charge < -0.3 is 10.2 Å². The largest absolute Gasteiger partial charge is 0.322 e. The van der Waals surface area contributed by atoms with Crippen LogP contribution in [0.15, 0.2) is 30.3 Å². The van der Waals surface area contributed by atoms with Crippen LogP contribution in [-0.4, -0.2) is 23.0 Å². The Bertz CT molecular complexity index is 353. The summed E-state index contributed by atoms with van der Waals surface area (Å²) in [4.78, 5) is 14.0. The predicted octanol–water partition coefficient (Wildman–Crippen LogP) is 3.09. The fourth-order valence-electron chi connectivity index (χ4n) is 2.30. The van der Waals surface area contributed by atoms with Crippen LogP contribution in [0.4, 0.5) is 10.5 Å². The molecule has 1 heterocycles. The number of carbonyl (C=O) groups excluding carboxylic acids is 1. The Hall–Kier alpha value is -1.51. The number of nitrogens with one attached hydrogen (secondary N) is 1. The van der Waals surface area contributed by atoms with Crippen LogP contribution in [0.3, 0.4) is 0 Å². The molecule has 3 heteroatoms. The topological polar surface area (TPSA) is 32.3 Å². The van der Waals surface area contributed by atoms with Gasteiger partial charge in [0, 0.05) is 17.8 Å². The van der Waals surface area contributed by atoms with Gasteiger partial charge in [0.05, 0.1) is 0 Å². The molecule has 2 rings (SSSR count). The Morgan fingerprint density at radius 1 is 1.19 bits per heavy atom. The minimum Gasteiger partial charge on any atom is -0.319 e. The van der Waals surface area contributed by atoms with Crippen LogP contribution in [0, 0.1) is 0 Å². The van der Waals surface area contributed by atoms with Gasteiger partial charge in [-0.2, -0.15) is 0 Å². The molecule has 1 N–H and O–H groups in total. The molecule has 0 radical (unpaired) electrons. The van der Waals surface area contributed by atoms with Gasteiger partial charge in [0.25, 0.3) is 0 Å². The number of hydrogen-bond donors (Lipinski definition) is 1. The zero-order valence-electron chi connectivity index (χ0n) is 9.81. The van der Waals surface area contributed by atoms with Crippen LogP contribution in [-0.2, 0) is 0 Å². The normalized spacial score (nSPS) is 24.5. The summed E-state index contributed by atoms with van der Waals surface area (Å²) in [5.74, 6) is 0. The molecule has 0 bridgehead atoms. The van der Waals surface area contributed by atoms with E-state index >= 15 is 0 Å². The lowest BCUT2D eigenvalue weighted by molar-refractivity contribution is 0.194. The van der Waals surface area contributed by atoms with E-state index < -0.39 is 0 Å². The third-order valence-corrected chi connectivity index (χ3v) is 3.21. The van der Waals surface area contributed by atoms with Crippen molar-refractivity contribution < 1.29 is 4.79 Å². The number of nitrogens with zero attached hydrogens (tertiary/aromatic N) is 1. The van der Waals surface area contributed by atoms with Gasteiger partial charge in [-0.3, -0.25) is 0 Å². The lowest BCUT2D eigenvalue weighted by atomic mass is 10.2. The molecule has 0 spiro atoms. The van der Waals surface area contributed by atoms with Gasteiger partial charge >= 0.3 is 6.03 Å². The van der Waals surface area contributed by atoms with Crippen LogP contribution in [0.1, 0.15) is 26.7 Å². The highest BCUT2D eigenvalue weighted by molar-refractivity contribution is 5.89. The number of para-hydroxylation sites is 1. The molecule has 1 aromatic rings. The van der Waals surface area contributed by atoms with Crippen LogP contribution >= 0.6 is 0 Å². The smallest absolute Gasteiger partial charge is 0.319 e. The summed E-state index contributed by atoms with van der Waals surface area (Å²) in [6.07, 6.45) is 2.20. The van der Waals surface area contributed by atoms with Gasteiger partial charge in [-0.1, -0.05) is 18.2 Å². The van der Waals surface area contributed by atoms with Crippen molar-refractivity contribution in [3.8, 4) is 0 Å². The lowest BCUT2D eigenvalue weighted by Gasteiger charge is -2.26. The van der Waals surface area contributed by atoms with Gasteiger partial charge in [0.2, 0.25) is 0 Å². The first-order valence-electron chi connectivity index (χ1n) is 5.83. The van der Waals surface area contributed by atoms with Crippen LogP contribution < -0.4 is 5.32 Å². The van der Waals surface area contributed by atoms with E-state index in [4.69, 9.17) is 0 Å². The molecule has 1 saturated heterocycles. The summed E-state index contributed by atoms with van der Waals surface area (Å²) in [6, 6.07) is 10.3. The quantitative estimate of drug-likeness (QED) is 0.771. The SMILES string of the molecule is C[C@H]1CC[C@H](C)N1C(=O)Nc1ccccc1. The van der Waals surface area contributed by atoms with Crippen molar-refractivity contribution in [1.82, 2.24) is 4.90 Å². The number of hydrogen-bond acceptors (Lipinski definition) is 1. The molecule has 0 aliphatic carbocycles. The van der Waals surface area contributed by atoms with Gasteiger partial charge in [-0.15, -0.1) is 0 Å². The third kappa shape index (κ3) is 2.18. The van der Waals surface area contributed by atoms with E-state index in [9.17, 15) is 4.79 Å². The fourth-order valence-corrected chi connectivity index (χ4v) is 2.30. The van der Waals surface area contributed by atoms with E-state index in [0.717, 1.165) is 18.5 Å². The standard InChI is InChI=1S/C13H18N2O/c1-10-8-9-11(2)15(10)13(16)14-12-6-4-3-5-7-12/h3-7,10-11H,8-9H2,1-2H3,(H,14,16)/t10-,11-/m0/s1. The zero-order valence-corrected chi connectivity index (χ0v) is 9.81. The van der Waals surface area contributed by atoms with Crippen molar-refractivity contribution in [3.05, 3.63) is 30.3 Å². The summed E-state index contributed by atoms with van der Waals surface area (Å²) in [7, 11) is 0. The number of benzene rings is 1. The van der Waals surface area contributed by atoms with E-state index in [1.54, 1.807) is 0 Å². The fraction of sp³-hybridized carbons (Fsp3) is 0.462. The minimum absolute atomic E-state index is 0.0173. The Morgan fingerprint density at radius 3 is 2.31 bits per heavy atom.